The topological polar surface area (TPSA) is 29.1 Å². The molecule has 0 spiro atoms. The molecule has 0 aliphatic carbocycles. The largest absolute Gasteiger partial charge is 0.313 e. The van der Waals surface area contributed by atoms with Crippen molar-refractivity contribution in [1.29, 1.82) is 0 Å². The molecule has 0 aliphatic rings. The Kier molecular flexibility index (Phi) is 6.82. The third-order valence-corrected chi connectivity index (χ3v) is 4.04. The summed E-state index contributed by atoms with van der Waals surface area (Å²) >= 11 is 0. The second kappa shape index (κ2) is 8.20. The SMILES string of the molecule is CC(CCNC/C=C/c1ccccc1)S(C)=O. The van der Waals surface area contributed by atoms with Gasteiger partial charge in [0.25, 0.3) is 0 Å². The van der Waals surface area contributed by atoms with Crippen LogP contribution in [0.15, 0.2) is 36.4 Å². The van der Waals surface area contributed by atoms with Crippen LogP contribution in [0.3, 0.4) is 0 Å². The first-order chi connectivity index (χ1) is 8.20. The van der Waals surface area contributed by atoms with Gasteiger partial charge < -0.3 is 5.32 Å². The van der Waals surface area contributed by atoms with E-state index in [0.717, 1.165) is 19.5 Å². The van der Waals surface area contributed by atoms with Crippen LogP contribution < -0.4 is 5.32 Å². The third-order valence-electron chi connectivity index (χ3n) is 2.67. The van der Waals surface area contributed by atoms with Crippen molar-refractivity contribution < 1.29 is 4.21 Å². The monoisotopic (exact) mass is 251 g/mol. The summed E-state index contributed by atoms with van der Waals surface area (Å²) in [6, 6.07) is 10.2. The Hall–Kier alpha value is -0.930. The van der Waals surface area contributed by atoms with Crippen molar-refractivity contribution in [2.75, 3.05) is 19.3 Å². The first kappa shape index (κ1) is 14.1. The fourth-order valence-electron chi connectivity index (χ4n) is 1.42. The molecule has 0 aromatic heterocycles. The van der Waals surface area contributed by atoms with E-state index in [9.17, 15) is 4.21 Å². The highest BCUT2D eigenvalue weighted by Gasteiger charge is 2.03. The standard InChI is InChI=1S/C14H21NOS/c1-13(17(2)16)10-12-15-11-6-9-14-7-4-3-5-8-14/h3-9,13,15H,10-12H2,1-2H3/b9-6+. The van der Waals surface area contributed by atoms with Crippen LogP contribution in [-0.2, 0) is 10.8 Å². The van der Waals surface area contributed by atoms with Crippen molar-refractivity contribution in [1.82, 2.24) is 5.32 Å². The maximum absolute atomic E-state index is 11.1. The Bertz CT molecular complexity index is 362. The number of hydrogen-bond donors (Lipinski definition) is 1. The van der Waals surface area contributed by atoms with Gasteiger partial charge in [0, 0.05) is 28.9 Å². The molecule has 0 heterocycles. The van der Waals surface area contributed by atoms with Gasteiger partial charge in [-0.25, -0.2) is 0 Å². The molecule has 1 N–H and O–H groups in total. The fourth-order valence-corrected chi connectivity index (χ4v) is 1.87. The second-order valence-corrected chi connectivity index (χ2v) is 5.92. The summed E-state index contributed by atoms with van der Waals surface area (Å²) in [6.07, 6.45) is 6.94. The van der Waals surface area contributed by atoms with Crippen LogP contribution in [0.5, 0.6) is 0 Å². The van der Waals surface area contributed by atoms with E-state index in [1.54, 1.807) is 6.26 Å². The van der Waals surface area contributed by atoms with Gasteiger partial charge in [-0.1, -0.05) is 49.4 Å². The number of hydrogen-bond acceptors (Lipinski definition) is 2. The molecule has 0 bridgehead atoms. The minimum atomic E-state index is -0.705. The lowest BCUT2D eigenvalue weighted by molar-refractivity contribution is 0.650. The Morgan fingerprint density at radius 3 is 2.71 bits per heavy atom. The van der Waals surface area contributed by atoms with Crippen molar-refractivity contribution in [3.05, 3.63) is 42.0 Å². The fraction of sp³-hybridized carbons (Fsp3) is 0.429. The van der Waals surface area contributed by atoms with Gasteiger partial charge in [0.05, 0.1) is 0 Å². The molecule has 1 aromatic carbocycles. The van der Waals surface area contributed by atoms with Crippen LogP contribution in [0.2, 0.25) is 0 Å². The van der Waals surface area contributed by atoms with E-state index in [1.807, 2.05) is 25.1 Å². The zero-order valence-corrected chi connectivity index (χ0v) is 11.4. The maximum atomic E-state index is 11.1. The summed E-state index contributed by atoms with van der Waals surface area (Å²) in [4.78, 5) is 0. The lowest BCUT2D eigenvalue weighted by Gasteiger charge is -2.07. The highest BCUT2D eigenvalue weighted by atomic mass is 32.2. The maximum Gasteiger partial charge on any atom is 0.0329 e. The number of benzene rings is 1. The zero-order chi connectivity index (χ0) is 12.5. The van der Waals surface area contributed by atoms with Crippen LogP contribution in [0.4, 0.5) is 0 Å². The Labute approximate surface area is 107 Å². The first-order valence-electron chi connectivity index (χ1n) is 5.94. The van der Waals surface area contributed by atoms with Gasteiger partial charge in [-0.2, -0.15) is 0 Å². The summed E-state index contributed by atoms with van der Waals surface area (Å²) in [7, 11) is -0.705. The van der Waals surface area contributed by atoms with Crippen molar-refractivity contribution in [3.63, 3.8) is 0 Å². The molecule has 94 valence electrons. The Morgan fingerprint density at radius 2 is 2.06 bits per heavy atom. The third kappa shape index (κ3) is 6.39. The van der Waals surface area contributed by atoms with Crippen LogP contribution in [0.1, 0.15) is 18.9 Å². The smallest absolute Gasteiger partial charge is 0.0329 e. The van der Waals surface area contributed by atoms with E-state index in [4.69, 9.17) is 0 Å². The molecule has 1 aromatic rings. The molecule has 1 rings (SSSR count). The Morgan fingerprint density at radius 1 is 1.35 bits per heavy atom. The lowest BCUT2D eigenvalue weighted by Crippen LogP contribution is -2.21. The molecule has 0 aliphatic heterocycles. The summed E-state index contributed by atoms with van der Waals surface area (Å²) in [6.45, 7) is 3.80. The van der Waals surface area contributed by atoms with Gasteiger partial charge in [-0.05, 0) is 18.5 Å². The molecular formula is C14H21NOS. The van der Waals surface area contributed by atoms with Crippen molar-refractivity contribution >= 4 is 16.9 Å². The predicted octanol–water partition coefficient (Wildman–Crippen LogP) is 2.45. The summed E-state index contributed by atoms with van der Waals surface area (Å²) in [5.41, 5.74) is 1.22. The van der Waals surface area contributed by atoms with Crippen LogP contribution in [0.25, 0.3) is 6.08 Å². The molecule has 0 amide bonds. The van der Waals surface area contributed by atoms with Crippen LogP contribution in [-0.4, -0.2) is 28.8 Å². The van der Waals surface area contributed by atoms with E-state index in [0.29, 0.717) is 0 Å². The van der Waals surface area contributed by atoms with Gasteiger partial charge in [0.1, 0.15) is 0 Å². The summed E-state index contributed by atoms with van der Waals surface area (Å²) in [5, 5.41) is 3.60. The number of rotatable bonds is 7. The van der Waals surface area contributed by atoms with Crippen molar-refractivity contribution in [2.24, 2.45) is 0 Å². The Balaban J connectivity index is 2.12. The number of nitrogens with one attached hydrogen (secondary N) is 1. The van der Waals surface area contributed by atoms with E-state index in [2.05, 4.69) is 29.6 Å². The molecule has 3 heteroatoms. The highest BCUT2D eigenvalue weighted by Crippen LogP contribution is 2.00. The van der Waals surface area contributed by atoms with E-state index in [1.165, 1.54) is 5.56 Å². The van der Waals surface area contributed by atoms with Crippen molar-refractivity contribution in [2.45, 2.75) is 18.6 Å². The molecule has 0 radical (unpaired) electrons. The minimum Gasteiger partial charge on any atom is -0.313 e. The van der Waals surface area contributed by atoms with E-state index in [-0.39, 0.29) is 5.25 Å². The molecular weight excluding hydrogens is 230 g/mol. The van der Waals surface area contributed by atoms with Gasteiger partial charge in [-0.15, -0.1) is 0 Å². The molecule has 2 unspecified atom stereocenters. The molecule has 0 saturated carbocycles. The zero-order valence-electron chi connectivity index (χ0n) is 10.6. The molecule has 2 nitrogen and oxygen atoms in total. The van der Waals surface area contributed by atoms with E-state index >= 15 is 0 Å². The van der Waals surface area contributed by atoms with Gasteiger partial charge >= 0.3 is 0 Å². The van der Waals surface area contributed by atoms with E-state index < -0.39 is 10.8 Å². The molecule has 0 saturated heterocycles. The normalized spacial score (nSPS) is 14.9. The summed E-state index contributed by atoms with van der Waals surface area (Å²) < 4.78 is 11.1. The second-order valence-electron chi connectivity index (χ2n) is 4.12. The average molecular weight is 251 g/mol. The molecule has 2 atom stereocenters. The summed E-state index contributed by atoms with van der Waals surface area (Å²) in [5.74, 6) is 0. The lowest BCUT2D eigenvalue weighted by atomic mass is 10.2. The van der Waals surface area contributed by atoms with Gasteiger partial charge in [-0.3, -0.25) is 4.21 Å². The quantitative estimate of drug-likeness (QED) is 0.754. The first-order valence-corrected chi connectivity index (χ1v) is 7.57. The highest BCUT2D eigenvalue weighted by molar-refractivity contribution is 7.84. The molecule has 17 heavy (non-hydrogen) atoms. The minimum absolute atomic E-state index is 0.278. The van der Waals surface area contributed by atoms with Crippen LogP contribution in [0, 0.1) is 0 Å². The van der Waals surface area contributed by atoms with Gasteiger partial charge in [0.2, 0.25) is 0 Å². The van der Waals surface area contributed by atoms with Crippen LogP contribution >= 0.6 is 0 Å². The average Bonchev–Trinajstić information content (AvgIpc) is 2.34. The van der Waals surface area contributed by atoms with Crippen molar-refractivity contribution in [3.8, 4) is 0 Å². The predicted molar refractivity (Wildman–Crippen MR) is 76.5 cm³/mol. The molecule has 0 fully saturated rings. The van der Waals surface area contributed by atoms with Gasteiger partial charge in [0.15, 0.2) is 0 Å².